The number of halogens is 1. The Kier molecular flexibility index (Phi) is 7.84. The second-order valence-electron chi connectivity index (χ2n) is 8.25. The van der Waals surface area contributed by atoms with Crippen LogP contribution in [0.15, 0.2) is 66.9 Å². The number of ether oxygens (including phenoxy) is 1. The molecule has 2 amide bonds. The minimum Gasteiger partial charge on any atom is -0.495 e. The zero-order valence-corrected chi connectivity index (χ0v) is 20.5. The van der Waals surface area contributed by atoms with Crippen molar-refractivity contribution >= 4 is 40.6 Å². The molecular weight excluding hydrogens is 466 g/mol. The summed E-state index contributed by atoms with van der Waals surface area (Å²) in [6, 6.07) is 17.5. The van der Waals surface area contributed by atoms with E-state index < -0.39 is 0 Å². The van der Waals surface area contributed by atoms with Gasteiger partial charge in [0.15, 0.2) is 0 Å². The molecule has 0 aliphatic carbocycles. The highest BCUT2D eigenvalue weighted by Crippen LogP contribution is 2.24. The topological polar surface area (TPSA) is 86.8 Å². The van der Waals surface area contributed by atoms with E-state index in [1.807, 2.05) is 31.2 Å². The number of aromatic nitrogens is 1. The van der Waals surface area contributed by atoms with Crippen LogP contribution in [0, 0.1) is 0 Å². The third-order valence-electron chi connectivity index (χ3n) is 6.05. The van der Waals surface area contributed by atoms with Gasteiger partial charge in [0.25, 0.3) is 5.91 Å². The van der Waals surface area contributed by atoms with Crippen LogP contribution < -0.4 is 20.3 Å². The van der Waals surface area contributed by atoms with E-state index in [0.29, 0.717) is 27.7 Å². The first kappa shape index (κ1) is 24.5. The Morgan fingerprint density at radius 1 is 0.971 bits per heavy atom. The summed E-state index contributed by atoms with van der Waals surface area (Å²) >= 11 is 5.93. The molecule has 3 aromatic rings. The molecular formula is C26H28ClN5O3. The third kappa shape index (κ3) is 6.09. The molecule has 2 N–H and O–H groups in total. The molecule has 35 heavy (non-hydrogen) atoms. The van der Waals surface area contributed by atoms with Crippen LogP contribution >= 0.6 is 11.6 Å². The minimum absolute atomic E-state index is 0.0886. The van der Waals surface area contributed by atoms with Gasteiger partial charge < -0.3 is 20.3 Å². The number of carbonyl (C=O) groups is 2. The van der Waals surface area contributed by atoms with Crippen LogP contribution in [-0.4, -0.2) is 61.0 Å². The van der Waals surface area contributed by atoms with Crippen molar-refractivity contribution in [3.05, 3.63) is 77.4 Å². The quantitative estimate of drug-likeness (QED) is 0.514. The number of carbonyl (C=O) groups excluding carboxylic acids is 2. The fraction of sp³-hybridized carbons (Fsp3) is 0.269. The molecule has 2 aromatic carbocycles. The van der Waals surface area contributed by atoms with E-state index in [1.165, 1.54) is 0 Å². The highest BCUT2D eigenvalue weighted by molar-refractivity contribution is 6.30. The number of para-hydroxylation sites is 2. The number of hydrogen-bond acceptors (Lipinski definition) is 6. The summed E-state index contributed by atoms with van der Waals surface area (Å²) in [6.07, 6.45) is 1.65. The van der Waals surface area contributed by atoms with Gasteiger partial charge in [-0.1, -0.05) is 23.7 Å². The Labute approximate surface area is 209 Å². The fourth-order valence-electron chi connectivity index (χ4n) is 3.95. The van der Waals surface area contributed by atoms with Crippen LogP contribution in [0.3, 0.4) is 0 Å². The van der Waals surface area contributed by atoms with Gasteiger partial charge in [0.05, 0.1) is 23.9 Å². The lowest BCUT2D eigenvalue weighted by Crippen LogP contribution is -2.53. The van der Waals surface area contributed by atoms with E-state index in [9.17, 15) is 9.59 Å². The van der Waals surface area contributed by atoms with Crippen LogP contribution in [0.5, 0.6) is 5.75 Å². The first-order valence-corrected chi connectivity index (χ1v) is 11.8. The third-order valence-corrected chi connectivity index (χ3v) is 6.27. The number of benzene rings is 2. The first-order chi connectivity index (χ1) is 16.9. The van der Waals surface area contributed by atoms with Gasteiger partial charge in [-0.25, -0.2) is 4.98 Å². The minimum atomic E-state index is -0.288. The SMILES string of the molecule is COc1ccccc1NC(=O)c1ccc(NC(=O)C(C)N2CCN(c3ccc(Cl)cn3)CC2)cc1. The number of nitrogens with one attached hydrogen (secondary N) is 2. The molecule has 9 heteroatoms. The van der Waals surface area contributed by atoms with Crippen molar-refractivity contribution in [3.8, 4) is 5.75 Å². The van der Waals surface area contributed by atoms with E-state index in [4.69, 9.17) is 16.3 Å². The second kappa shape index (κ2) is 11.2. The Bertz CT molecular complexity index is 1160. The van der Waals surface area contributed by atoms with Gasteiger partial charge in [0.2, 0.25) is 5.91 Å². The smallest absolute Gasteiger partial charge is 0.255 e. The van der Waals surface area contributed by atoms with E-state index >= 15 is 0 Å². The summed E-state index contributed by atoms with van der Waals surface area (Å²) in [5.74, 6) is 1.13. The zero-order valence-electron chi connectivity index (χ0n) is 19.7. The van der Waals surface area contributed by atoms with Crippen LogP contribution in [0.2, 0.25) is 5.02 Å². The maximum absolute atomic E-state index is 12.8. The van der Waals surface area contributed by atoms with E-state index in [0.717, 1.165) is 32.0 Å². The van der Waals surface area contributed by atoms with Crippen molar-refractivity contribution in [2.75, 3.05) is 48.8 Å². The standard InChI is InChI=1S/C26H28ClN5O3/c1-18(31-13-15-32(16-14-31)24-12-9-20(27)17-28-24)25(33)29-21-10-7-19(8-11-21)26(34)30-22-5-3-4-6-23(22)35-2/h3-12,17-18H,13-16H2,1-2H3,(H,29,33)(H,30,34). The lowest BCUT2D eigenvalue weighted by atomic mass is 10.1. The maximum atomic E-state index is 12.8. The van der Waals surface area contributed by atoms with Crippen molar-refractivity contribution in [1.29, 1.82) is 0 Å². The van der Waals surface area contributed by atoms with Crippen molar-refractivity contribution in [1.82, 2.24) is 9.88 Å². The van der Waals surface area contributed by atoms with Crippen LogP contribution in [0.25, 0.3) is 0 Å². The predicted octanol–water partition coefficient (Wildman–Crippen LogP) is 4.15. The van der Waals surface area contributed by atoms with Gasteiger partial charge >= 0.3 is 0 Å². The zero-order chi connectivity index (χ0) is 24.8. The molecule has 1 aliphatic heterocycles. The van der Waals surface area contributed by atoms with Crippen molar-refractivity contribution in [3.63, 3.8) is 0 Å². The number of amides is 2. The number of pyridine rings is 1. The number of nitrogens with zero attached hydrogens (tertiary/aromatic N) is 3. The van der Waals surface area contributed by atoms with Crippen LogP contribution in [0.1, 0.15) is 17.3 Å². The van der Waals surface area contributed by atoms with Gasteiger partial charge in [-0.3, -0.25) is 14.5 Å². The maximum Gasteiger partial charge on any atom is 0.255 e. The molecule has 0 bridgehead atoms. The summed E-state index contributed by atoms with van der Waals surface area (Å²) in [6.45, 7) is 4.97. The Morgan fingerprint density at radius 2 is 1.69 bits per heavy atom. The molecule has 0 saturated carbocycles. The second-order valence-corrected chi connectivity index (χ2v) is 8.69. The molecule has 1 aliphatic rings. The molecule has 0 spiro atoms. The van der Waals surface area contributed by atoms with Gasteiger partial charge in [-0.2, -0.15) is 0 Å². The molecule has 2 heterocycles. The lowest BCUT2D eigenvalue weighted by molar-refractivity contribution is -0.120. The number of hydrogen-bond donors (Lipinski definition) is 2. The molecule has 182 valence electrons. The van der Waals surface area contributed by atoms with Gasteiger partial charge in [-0.15, -0.1) is 0 Å². The molecule has 1 atom stereocenters. The summed E-state index contributed by atoms with van der Waals surface area (Å²) in [4.78, 5) is 34.2. The highest BCUT2D eigenvalue weighted by atomic mass is 35.5. The highest BCUT2D eigenvalue weighted by Gasteiger charge is 2.26. The summed E-state index contributed by atoms with van der Waals surface area (Å²) in [7, 11) is 1.56. The lowest BCUT2D eigenvalue weighted by Gasteiger charge is -2.38. The largest absolute Gasteiger partial charge is 0.495 e. The van der Waals surface area contributed by atoms with Crippen molar-refractivity contribution in [2.24, 2.45) is 0 Å². The van der Waals surface area contributed by atoms with Crippen LogP contribution in [-0.2, 0) is 4.79 Å². The molecule has 8 nitrogen and oxygen atoms in total. The normalized spacial score (nSPS) is 14.8. The number of anilines is 3. The predicted molar refractivity (Wildman–Crippen MR) is 139 cm³/mol. The molecule has 1 aromatic heterocycles. The van der Waals surface area contributed by atoms with Crippen molar-refractivity contribution < 1.29 is 14.3 Å². The van der Waals surface area contributed by atoms with E-state index in [1.54, 1.807) is 49.7 Å². The number of piperazine rings is 1. The Morgan fingerprint density at radius 3 is 2.34 bits per heavy atom. The van der Waals surface area contributed by atoms with Gasteiger partial charge in [-0.05, 0) is 55.5 Å². The fourth-order valence-corrected chi connectivity index (χ4v) is 4.07. The molecule has 0 radical (unpaired) electrons. The average Bonchev–Trinajstić information content (AvgIpc) is 2.89. The molecule has 1 fully saturated rings. The molecule has 1 saturated heterocycles. The summed E-state index contributed by atoms with van der Waals surface area (Å²) in [5.41, 5.74) is 1.71. The molecule has 4 rings (SSSR count). The average molecular weight is 494 g/mol. The Balaban J connectivity index is 1.29. The van der Waals surface area contributed by atoms with E-state index in [2.05, 4.69) is 25.4 Å². The number of rotatable bonds is 7. The van der Waals surface area contributed by atoms with Crippen LogP contribution in [0.4, 0.5) is 17.2 Å². The summed E-state index contributed by atoms with van der Waals surface area (Å²) in [5, 5.41) is 6.41. The molecule has 1 unspecified atom stereocenters. The summed E-state index contributed by atoms with van der Waals surface area (Å²) < 4.78 is 5.27. The monoisotopic (exact) mass is 493 g/mol. The van der Waals surface area contributed by atoms with Crippen molar-refractivity contribution in [2.45, 2.75) is 13.0 Å². The number of methoxy groups -OCH3 is 1. The van der Waals surface area contributed by atoms with Gasteiger partial charge in [0.1, 0.15) is 11.6 Å². The first-order valence-electron chi connectivity index (χ1n) is 11.4. The van der Waals surface area contributed by atoms with E-state index in [-0.39, 0.29) is 17.9 Å². The van der Waals surface area contributed by atoms with Gasteiger partial charge in [0, 0.05) is 43.6 Å². The Hall–Kier alpha value is -3.62.